The molecular weight excluding hydrogens is 581 g/mol. The Balaban J connectivity index is 1.45. The van der Waals surface area contributed by atoms with Gasteiger partial charge in [-0.05, 0) is 67.9 Å². The molecule has 0 spiro atoms. The molecule has 0 radical (unpaired) electrons. The molecule has 0 aliphatic carbocycles. The van der Waals surface area contributed by atoms with Crippen molar-refractivity contribution in [3.05, 3.63) is 106 Å². The van der Waals surface area contributed by atoms with E-state index in [9.17, 15) is 14.0 Å². The fourth-order valence-electron chi connectivity index (χ4n) is 4.49. The molecule has 1 atom stereocenters. The monoisotopic (exact) mass is 607 g/mol. The Hall–Kier alpha value is -4.35. The zero-order valence-corrected chi connectivity index (χ0v) is 24.6. The number of carbonyl (C=O) groups is 2. The van der Waals surface area contributed by atoms with E-state index in [1.54, 1.807) is 62.0 Å². The van der Waals surface area contributed by atoms with E-state index in [0.717, 1.165) is 5.56 Å². The van der Waals surface area contributed by atoms with Gasteiger partial charge in [0.05, 0.1) is 24.9 Å². The molecule has 9 nitrogen and oxygen atoms in total. The van der Waals surface area contributed by atoms with Crippen LogP contribution < -0.4 is 15.4 Å². The number of nitrogens with one attached hydrogen (secondary N) is 2. The van der Waals surface area contributed by atoms with Gasteiger partial charge in [-0.25, -0.2) is 13.9 Å². The molecule has 0 bridgehead atoms. The van der Waals surface area contributed by atoms with Crippen molar-refractivity contribution >= 4 is 46.9 Å². The van der Waals surface area contributed by atoms with E-state index in [0.29, 0.717) is 50.0 Å². The van der Waals surface area contributed by atoms with Crippen molar-refractivity contribution < 1.29 is 23.5 Å². The van der Waals surface area contributed by atoms with E-state index < -0.39 is 17.8 Å². The molecule has 4 aromatic rings. The summed E-state index contributed by atoms with van der Waals surface area (Å²) in [5, 5.41) is 11.5. The lowest BCUT2D eigenvalue weighted by molar-refractivity contribution is -0.113. The van der Waals surface area contributed by atoms with Crippen LogP contribution >= 0.6 is 23.4 Å². The molecule has 0 fully saturated rings. The van der Waals surface area contributed by atoms with Gasteiger partial charge >= 0.3 is 5.97 Å². The topological polar surface area (TPSA) is 107 Å². The SMILES string of the molecule is CCOC(=O)c1ccc(NC(=O)C2=C(C)Nc3nc(SCc4c(F)cccc4Cl)nn3[C@@H]2c2ccc(OC)cc2)cc1. The third kappa shape index (κ3) is 6.12. The molecule has 2 heterocycles. The number of anilines is 2. The van der Waals surface area contributed by atoms with Gasteiger partial charge in [-0.15, -0.1) is 5.10 Å². The zero-order chi connectivity index (χ0) is 29.8. The minimum atomic E-state index is -0.634. The zero-order valence-electron chi connectivity index (χ0n) is 23.0. The van der Waals surface area contributed by atoms with Gasteiger partial charge in [0.15, 0.2) is 0 Å². The van der Waals surface area contributed by atoms with E-state index in [1.807, 2.05) is 24.3 Å². The summed E-state index contributed by atoms with van der Waals surface area (Å²) in [6.45, 7) is 3.80. The molecule has 1 aromatic heterocycles. The van der Waals surface area contributed by atoms with Gasteiger partial charge in [0.25, 0.3) is 5.91 Å². The number of benzene rings is 3. The molecule has 1 aliphatic rings. The maximum absolute atomic E-state index is 14.4. The summed E-state index contributed by atoms with van der Waals surface area (Å²) in [7, 11) is 1.58. The fourth-order valence-corrected chi connectivity index (χ4v) is 5.66. The first-order valence-corrected chi connectivity index (χ1v) is 14.4. The number of methoxy groups -OCH3 is 1. The Morgan fingerprint density at radius 2 is 1.86 bits per heavy atom. The molecule has 1 amide bonds. The number of rotatable bonds is 9. The van der Waals surface area contributed by atoms with Crippen molar-refractivity contribution in [1.82, 2.24) is 14.8 Å². The second kappa shape index (κ2) is 12.7. The number of nitrogens with zero attached hydrogens (tertiary/aromatic N) is 3. The number of carbonyl (C=O) groups excluding carboxylic acids is 2. The van der Waals surface area contributed by atoms with Crippen molar-refractivity contribution in [2.75, 3.05) is 24.4 Å². The lowest BCUT2D eigenvalue weighted by Gasteiger charge is -2.28. The van der Waals surface area contributed by atoms with Crippen molar-refractivity contribution in [2.24, 2.45) is 0 Å². The maximum atomic E-state index is 14.4. The van der Waals surface area contributed by atoms with E-state index in [-0.39, 0.29) is 18.3 Å². The number of esters is 1. The van der Waals surface area contributed by atoms with Gasteiger partial charge in [0, 0.05) is 27.7 Å². The Labute approximate surface area is 251 Å². The number of fused-ring (bicyclic) bond motifs is 1. The smallest absolute Gasteiger partial charge is 0.338 e. The molecule has 2 N–H and O–H groups in total. The Morgan fingerprint density at radius 3 is 2.52 bits per heavy atom. The van der Waals surface area contributed by atoms with Gasteiger partial charge in [0.2, 0.25) is 11.1 Å². The van der Waals surface area contributed by atoms with Crippen molar-refractivity contribution in [3.8, 4) is 5.75 Å². The van der Waals surface area contributed by atoms with Crippen molar-refractivity contribution in [3.63, 3.8) is 0 Å². The highest BCUT2D eigenvalue weighted by atomic mass is 35.5. The Morgan fingerprint density at radius 1 is 1.12 bits per heavy atom. The summed E-state index contributed by atoms with van der Waals surface area (Å²) in [5.41, 5.74) is 3.03. The number of amides is 1. The summed E-state index contributed by atoms with van der Waals surface area (Å²) >= 11 is 7.44. The van der Waals surface area contributed by atoms with Crippen LogP contribution in [0, 0.1) is 5.82 Å². The predicted octanol–water partition coefficient (Wildman–Crippen LogP) is 6.48. The first-order chi connectivity index (χ1) is 20.3. The van der Waals surface area contributed by atoms with E-state index in [2.05, 4.69) is 15.6 Å². The highest BCUT2D eigenvalue weighted by Crippen LogP contribution is 2.38. The number of allylic oxidation sites excluding steroid dienone is 1. The number of hydrogen-bond donors (Lipinski definition) is 2. The summed E-state index contributed by atoms with van der Waals surface area (Å²) in [6.07, 6.45) is 0. The Kier molecular flexibility index (Phi) is 8.79. The van der Waals surface area contributed by atoms with Crippen LogP contribution in [0.2, 0.25) is 5.02 Å². The average Bonchev–Trinajstić information content (AvgIpc) is 3.39. The van der Waals surface area contributed by atoms with Gasteiger partial charge in [0.1, 0.15) is 17.6 Å². The third-order valence-electron chi connectivity index (χ3n) is 6.57. The molecule has 216 valence electrons. The van der Waals surface area contributed by atoms with Gasteiger partial charge < -0.3 is 20.1 Å². The largest absolute Gasteiger partial charge is 0.497 e. The van der Waals surface area contributed by atoms with Crippen LogP contribution in [-0.4, -0.2) is 40.4 Å². The minimum absolute atomic E-state index is 0.226. The summed E-state index contributed by atoms with van der Waals surface area (Å²) in [4.78, 5) is 30.4. The molecular formula is C30H27ClFN5O4S. The average molecular weight is 608 g/mol. The molecule has 3 aromatic carbocycles. The lowest BCUT2D eigenvalue weighted by atomic mass is 9.95. The molecule has 1 aliphatic heterocycles. The molecule has 5 rings (SSSR count). The number of hydrogen-bond acceptors (Lipinski definition) is 8. The van der Waals surface area contributed by atoms with Gasteiger partial charge in [-0.1, -0.05) is 41.6 Å². The first-order valence-electron chi connectivity index (χ1n) is 13.0. The van der Waals surface area contributed by atoms with Crippen molar-refractivity contribution in [2.45, 2.75) is 30.8 Å². The number of ether oxygens (including phenoxy) is 2. The highest BCUT2D eigenvalue weighted by Gasteiger charge is 2.34. The molecule has 42 heavy (non-hydrogen) atoms. The van der Waals surface area contributed by atoms with E-state index in [1.165, 1.54) is 17.8 Å². The predicted molar refractivity (Wildman–Crippen MR) is 159 cm³/mol. The Bertz CT molecular complexity index is 1640. The normalized spacial score (nSPS) is 14.2. The summed E-state index contributed by atoms with van der Waals surface area (Å²) in [6, 6.07) is 17.7. The fraction of sp³-hybridized carbons (Fsp3) is 0.200. The van der Waals surface area contributed by atoms with Crippen LogP contribution in [0.25, 0.3) is 0 Å². The molecule has 12 heteroatoms. The van der Waals surface area contributed by atoms with E-state index in [4.69, 9.17) is 26.2 Å². The minimum Gasteiger partial charge on any atom is -0.497 e. The van der Waals surface area contributed by atoms with Crippen molar-refractivity contribution in [1.29, 1.82) is 0 Å². The lowest BCUT2D eigenvalue weighted by Crippen LogP contribution is -2.31. The van der Waals surface area contributed by atoms with E-state index >= 15 is 0 Å². The van der Waals surface area contributed by atoms with Crippen LogP contribution in [0.15, 0.2) is 83.2 Å². The molecule has 0 unspecified atom stereocenters. The van der Waals surface area contributed by atoms with Crippen LogP contribution in [-0.2, 0) is 15.3 Å². The summed E-state index contributed by atoms with van der Waals surface area (Å²) in [5.74, 6) is 0.125. The molecule has 0 saturated heterocycles. The van der Waals surface area contributed by atoms with Crippen LogP contribution in [0.5, 0.6) is 5.75 Å². The maximum Gasteiger partial charge on any atom is 0.338 e. The van der Waals surface area contributed by atoms with Gasteiger partial charge in [-0.2, -0.15) is 4.98 Å². The van der Waals surface area contributed by atoms with Crippen LogP contribution in [0.4, 0.5) is 16.0 Å². The summed E-state index contributed by atoms with van der Waals surface area (Å²) < 4.78 is 26.3. The molecule has 0 saturated carbocycles. The quantitative estimate of drug-likeness (QED) is 0.165. The van der Waals surface area contributed by atoms with Crippen LogP contribution in [0.3, 0.4) is 0 Å². The van der Waals surface area contributed by atoms with Gasteiger partial charge in [-0.3, -0.25) is 4.79 Å². The highest BCUT2D eigenvalue weighted by molar-refractivity contribution is 7.98. The second-order valence-corrected chi connectivity index (χ2v) is 10.6. The number of halogens is 2. The standard InChI is InChI=1S/C30H27ClFN5O4S/c1-4-41-28(39)19-8-12-20(13-9-19)34-27(38)25-17(2)33-29-35-30(42-16-22-23(31)6-5-7-24(22)32)36-37(29)26(25)18-10-14-21(40-3)15-11-18/h5-15,26H,4,16H2,1-3H3,(H,34,38)(H,33,35,36)/t26-/m1/s1. The third-order valence-corrected chi connectivity index (χ3v) is 7.79. The second-order valence-electron chi connectivity index (χ2n) is 9.24. The first kappa shape index (κ1) is 29.2. The van der Waals surface area contributed by atoms with Crippen LogP contribution in [0.1, 0.15) is 41.4 Å². The number of aromatic nitrogens is 3. The number of thioether (sulfide) groups is 1.